The molecule has 0 bridgehead atoms. The van der Waals surface area contributed by atoms with E-state index in [2.05, 4.69) is 24.1 Å². The Morgan fingerprint density at radius 2 is 1.90 bits per heavy atom. The highest BCUT2D eigenvalue weighted by molar-refractivity contribution is 5.42. The van der Waals surface area contributed by atoms with Gasteiger partial charge in [-0.25, -0.2) is 0 Å². The predicted octanol–water partition coefficient (Wildman–Crippen LogP) is 3.55. The van der Waals surface area contributed by atoms with Crippen LogP contribution in [0.2, 0.25) is 0 Å². The first-order valence-electron chi connectivity index (χ1n) is 6.74. The third kappa shape index (κ3) is 3.48. The largest absolute Gasteiger partial charge is 0.493 e. The van der Waals surface area contributed by atoms with Crippen molar-refractivity contribution in [2.75, 3.05) is 13.7 Å². The molecule has 0 aliphatic rings. The Bertz CT molecular complexity index is 540. The maximum atomic E-state index is 5.79. The molecule has 20 heavy (non-hydrogen) atoms. The van der Waals surface area contributed by atoms with Gasteiger partial charge in [0.2, 0.25) is 0 Å². The fourth-order valence-corrected chi connectivity index (χ4v) is 1.95. The Balaban J connectivity index is 2.11. The van der Waals surface area contributed by atoms with Gasteiger partial charge < -0.3 is 14.8 Å². The molecule has 0 spiro atoms. The van der Waals surface area contributed by atoms with Crippen LogP contribution in [0, 0.1) is 0 Å². The second kappa shape index (κ2) is 6.91. The molecule has 0 radical (unpaired) electrons. The monoisotopic (exact) mass is 272 g/mol. The van der Waals surface area contributed by atoms with Crippen molar-refractivity contribution >= 4 is 0 Å². The minimum absolute atomic E-state index is 0.236. The van der Waals surface area contributed by atoms with Gasteiger partial charge in [-0.05, 0) is 37.7 Å². The lowest BCUT2D eigenvalue weighted by Crippen LogP contribution is -2.18. The van der Waals surface area contributed by atoms with Crippen molar-refractivity contribution in [1.82, 2.24) is 10.3 Å². The average molecular weight is 272 g/mol. The van der Waals surface area contributed by atoms with Crippen LogP contribution < -0.4 is 14.8 Å². The first kappa shape index (κ1) is 14.3. The van der Waals surface area contributed by atoms with Gasteiger partial charge >= 0.3 is 0 Å². The van der Waals surface area contributed by atoms with Crippen LogP contribution in [-0.2, 0) is 0 Å². The SMILES string of the molecule is CCNC(C)c1ccc(Oc2ccccc2OC)cn1. The number of hydrogen-bond acceptors (Lipinski definition) is 4. The van der Waals surface area contributed by atoms with Crippen molar-refractivity contribution in [2.45, 2.75) is 19.9 Å². The molecule has 1 N–H and O–H groups in total. The molecule has 1 aromatic heterocycles. The van der Waals surface area contributed by atoms with Crippen LogP contribution in [0.3, 0.4) is 0 Å². The van der Waals surface area contributed by atoms with Crippen molar-refractivity contribution < 1.29 is 9.47 Å². The standard InChI is InChI=1S/C16H20N2O2/c1-4-17-12(2)14-10-9-13(11-18-14)20-16-8-6-5-7-15(16)19-3/h5-12,17H,4H2,1-3H3. The zero-order chi connectivity index (χ0) is 14.4. The van der Waals surface area contributed by atoms with Gasteiger partial charge in [-0.3, -0.25) is 4.98 Å². The number of rotatable bonds is 6. The number of aromatic nitrogens is 1. The summed E-state index contributed by atoms with van der Waals surface area (Å²) in [5.41, 5.74) is 0.999. The summed E-state index contributed by atoms with van der Waals surface area (Å²) < 4.78 is 11.0. The van der Waals surface area contributed by atoms with Crippen LogP contribution in [0.5, 0.6) is 17.2 Å². The van der Waals surface area contributed by atoms with Crippen molar-refractivity contribution in [3.05, 3.63) is 48.3 Å². The van der Waals surface area contributed by atoms with Gasteiger partial charge in [0.15, 0.2) is 11.5 Å². The number of benzene rings is 1. The summed E-state index contributed by atoms with van der Waals surface area (Å²) >= 11 is 0. The first-order valence-corrected chi connectivity index (χ1v) is 6.74. The van der Waals surface area contributed by atoms with Crippen LogP contribution in [0.4, 0.5) is 0 Å². The zero-order valence-corrected chi connectivity index (χ0v) is 12.1. The molecule has 106 valence electrons. The summed E-state index contributed by atoms with van der Waals surface area (Å²) in [6.07, 6.45) is 1.73. The number of pyridine rings is 1. The second-order valence-electron chi connectivity index (χ2n) is 4.45. The van der Waals surface area contributed by atoms with Crippen LogP contribution in [-0.4, -0.2) is 18.6 Å². The Hall–Kier alpha value is -2.07. The fraction of sp³-hybridized carbons (Fsp3) is 0.312. The zero-order valence-electron chi connectivity index (χ0n) is 12.1. The van der Waals surface area contributed by atoms with E-state index in [4.69, 9.17) is 9.47 Å². The van der Waals surface area contributed by atoms with E-state index in [1.54, 1.807) is 13.3 Å². The lowest BCUT2D eigenvalue weighted by molar-refractivity contribution is 0.378. The van der Waals surface area contributed by atoms with Gasteiger partial charge in [-0.15, -0.1) is 0 Å². The summed E-state index contributed by atoms with van der Waals surface area (Å²) in [6.45, 7) is 5.09. The number of hydrogen-bond donors (Lipinski definition) is 1. The maximum Gasteiger partial charge on any atom is 0.169 e. The van der Waals surface area contributed by atoms with E-state index in [1.807, 2.05) is 36.4 Å². The second-order valence-corrected chi connectivity index (χ2v) is 4.45. The van der Waals surface area contributed by atoms with Gasteiger partial charge in [0.25, 0.3) is 0 Å². The Morgan fingerprint density at radius 1 is 1.15 bits per heavy atom. The Kier molecular flexibility index (Phi) is 4.96. The Morgan fingerprint density at radius 3 is 2.50 bits per heavy atom. The third-order valence-electron chi connectivity index (χ3n) is 3.01. The molecule has 4 heteroatoms. The fourth-order valence-electron chi connectivity index (χ4n) is 1.95. The van der Waals surface area contributed by atoms with E-state index in [0.717, 1.165) is 12.2 Å². The highest BCUT2D eigenvalue weighted by Gasteiger charge is 2.07. The van der Waals surface area contributed by atoms with E-state index < -0.39 is 0 Å². The minimum Gasteiger partial charge on any atom is -0.493 e. The van der Waals surface area contributed by atoms with Crippen LogP contribution in [0.25, 0.3) is 0 Å². The summed E-state index contributed by atoms with van der Waals surface area (Å²) in [6, 6.07) is 11.7. The quantitative estimate of drug-likeness (QED) is 0.873. The molecule has 0 amide bonds. The number of methoxy groups -OCH3 is 1. The smallest absolute Gasteiger partial charge is 0.169 e. The molecule has 4 nitrogen and oxygen atoms in total. The normalized spacial score (nSPS) is 11.9. The van der Waals surface area contributed by atoms with Gasteiger partial charge in [-0.1, -0.05) is 19.1 Å². The molecule has 1 aromatic carbocycles. The highest BCUT2D eigenvalue weighted by Crippen LogP contribution is 2.30. The van der Waals surface area contributed by atoms with Crippen molar-refractivity contribution in [2.24, 2.45) is 0 Å². The van der Waals surface area contributed by atoms with Gasteiger partial charge in [0, 0.05) is 6.04 Å². The van der Waals surface area contributed by atoms with Crippen LogP contribution in [0.15, 0.2) is 42.6 Å². The van der Waals surface area contributed by atoms with Crippen LogP contribution >= 0.6 is 0 Å². The molecule has 0 aliphatic carbocycles. The Labute approximate surface area is 119 Å². The predicted molar refractivity (Wildman–Crippen MR) is 79.4 cm³/mol. The number of para-hydroxylation sites is 2. The van der Waals surface area contributed by atoms with Gasteiger partial charge in [0.05, 0.1) is 19.0 Å². The number of nitrogens with zero attached hydrogens (tertiary/aromatic N) is 1. The van der Waals surface area contributed by atoms with Crippen molar-refractivity contribution in [1.29, 1.82) is 0 Å². The lowest BCUT2D eigenvalue weighted by atomic mass is 10.2. The van der Waals surface area contributed by atoms with Gasteiger partial charge in [0.1, 0.15) is 5.75 Å². The van der Waals surface area contributed by atoms with E-state index in [0.29, 0.717) is 17.2 Å². The summed E-state index contributed by atoms with van der Waals surface area (Å²) in [4.78, 5) is 4.42. The van der Waals surface area contributed by atoms with Crippen molar-refractivity contribution in [3.8, 4) is 17.2 Å². The molecule has 0 saturated carbocycles. The number of nitrogens with one attached hydrogen (secondary N) is 1. The summed E-state index contributed by atoms with van der Waals surface area (Å²) in [5.74, 6) is 2.09. The maximum absolute atomic E-state index is 5.79. The molecule has 1 heterocycles. The molecular formula is C16H20N2O2. The highest BCUT2D eigenvalue weighted by atomic mass is 16.5. The molecule has 1 unspecified atom stereocenters. The van der Waals surface area contributed by atoms with Crippen LogP contribution in [0.1, 0.15) is 25.6 Å². The lowest BCUT2D eigenvalue weighted by Gasteiger charge is -2.13. The molecule has 0 fully saturated rings. The molecule has 2 aromatic rings. The first-order chi connectivity index (χ1) is 9.74. The minimum atomic E-state index is 0.236. The molecule has 0 saturated heterocycles. The molecular weight excluding hydrogens is 252 g/mol. The topological polar surface area (TPSA) is 43.4 Å². The van der Waals surface area contributed by atoms with E-state index in [9.17, 15) is 0 Å². The average Bonchev–Trinajstić information content (AvgIpc) is 2.49. The van der Waals surface area contributed by atoms with Crippen molar-refractivity contribution in [3.63, 3.8) is 0 Å². The van der Waals surface area contributed by atoms with E-state index in [1.165, 1.54) is 0 Å². The van der Waals surface area contributed by atoms with E-state index >= 15 is 0 Å². The molecule has 1 atom stereocenters. The number of ether oxygens (including phenoxy) is 2. The summed E-state index contributed by atoms with van der Waals surface area (Å²) in [7, 11) is 1.63. The molecule has 2 rings (SSSR count). The van der Waals surface area contributed by atoms with Gasteiger partial charge in [-0.2, -0.15) is 0 Å². The summed E-state index contributed by atoms with van der Waals surface area (Å²) in [5, 5.41) is 3.33. The third-order valence-corrected chi connectivity index (χ3v) is 3.01. The molecule has 0 aliphatic heterocycles. The van der Waals surface area contributed by atoms with E-state index in [-0.39, 0.29) is 6.04 Å².